The summed E-state index contributed by atoms with van der Waals surface area (Å²) < 4.78 is 20.9. The van der Waals surface area contributed by atoms with Crippen molar-refractivity contribution in [2.24, 2.45) is 0 Å². The summed E-state index contributed by atoms with van der Waals surface area (Å²) in [5.74, 6) is -0.253. The van der Waals surface area contributed by atoms with E-state index in [0.29, 0.717) is 34.2 Å². The number of hydrogen-bond acceptors (Lipinski definition) is 4. The first-order chi connectivity index (χ1) is 15.6. The van der Waals surface area contributed by atoms with Crippen molar-refractivity contribution in [3.63, 3.8) is 0 Å². The second-order valence-corrected chi connectivity index (χ2v) is 7.30. The van der Waals surface area contributed by atoms with Crippen molar-refractivity contribution >= 4 is 12.6 Å². The molecule has 0 aliphatic heterocycles. The minimum atomic E-state index is -0.405. The lowest BCUT2D eigenvalue weighted by Crippen LogP contribution is -1.98. The normalized spacial score (nSPS) is 10.6. The molecule has 0 amide bonds. The molecule has 0 atom stereocenters. The fourth-order valence-electron chi connectivity index (χ4n) is 3.77. The van der Waals surface area contributed by atoms with Crippen molar-refractivity contribution in [2.75, 3.05) is 7.11 Å². The second-order valence-electron chi connectivity index (χ2n) is 7.30. The van der Waals surface area contributed by atoms with E-state index in [1.54, 1.807) is 42.5 Å². The first-order valence-electron chi connectivity index (χ1n) is 10.0. The molecule has 4 aromatic rings. The Kier molecular flexibility index (Phi) is 5.90. The smallest absolute Gasteiger partial charge is 0.224 e. The van der Waals surface area contributed by atoms with E-state index in [1.165, 1.54) is 7.11 Å². The van der Waals surface area contributed by atoms with Crippen molar-refractivity contribution in [3.05, 3.63) is 95.3 Å². The van der Waals surface area contributed by atoms with Gasteiger partial charge in [0.15, 0.2) is 6.29 Å². The minimum Gasteiger partial charge on any atom is -0.480 e. The standard InChI is InChI=1S/C27H20FNO3/c1-17-21(19-11-9-18(15-30)10-12-19)5-3-6-22(17)23-7-4-8-24(26(23)28)25-14-13-20(16-31)27(29-25)32-2/h3-16H,1-2H3. The van der Waals surface area contributed by atoms with Crippen molar-refractivity contribution < 1.29 is 18.7 Å². The third kappa shape index (κ3) is 3.81. The van der Waals surface area contributed by atoms with Gasteiger partial charge in [-0.15, -0.1) is 0 Å². The molecule has 0 radical (unpaired) electrons. The molecule has 4 rings (SSSR count). The van der Waals surface area contributed by atoms with Crippen LogP contribution in [0.25, 0.3) is 33.5 Å². The molecule has 0 saturated carbocycles. The number of aldehydes is 2. The molecule has 0 saturated heterocycles. The zero-order valence-corrected chi connectivity index (χ0v) is 17.6. The van der Waals surface area contributed by atoms with Gasteiger partial charge in [0.1, 0.15) is 12.1 Å². The van der Waals surface area contributed by atoms with Gasteiger partial charge in [0.05, 0.1) is 18.4 Å². The lowest BCUT2D eigenvalue weighted by Gasteiger charge is -2.15. The highest BCUT2D eigenvalue weighted by Gasteiger charge is 2.17. The van der Waals surface area contributed by atoms with Gasteiger partial charge in [0.2, 0.25) is 5.88 Å². The number of rotatable bonds is 6. The number of carbonyl (C=O) groups excluding carboxylic acids is 2. The van der Waals surface area contributed by atoms with Crippen LogP contribution in [0.4, 0.5) is 4.39 Å². The van der Waals surface area contributed by atoms with Crippen LogP contribution in [0.15, 0.2) is 72.8 Å². The quantitative estimate of drug-likeness (QED) is 0.347. The van der Waals surface area contributed by atoms with E-state index in [9.17, 15) is 9.59 Å². The van der Waals surface area contributed by atoms with E-state index in [1.807, 2.05) is 37.3 Å². The molecule has 158 valence electrons. The number of halogens is 1. The molecule has 0 unspecified atom stereocenters. The van der Waals surface area contributed by atoms with E-state index in [0.717, 1.165) is 28.5 Å². The Bertz CT molecular complexity index is 1310. The van der Waals surface area contributed by atoms with Gasteiger partial charge < -0.3 is 4.74 Å². The van der Waals surface area contributed by atoms with E-state index in [4.69, 9.17) is 4.74 Å². The SMILES string of the molecule is COc1nc(-c2cccc(-c3cccc(-c4ccc(C=O)cc4)c3C)c2F)ccc1C=O. The van der Waals surface area contributed by atoms with Crippen LogP contribution in [0.3, 0.4) is 0 Å². The zero-order valence-electron chi connectivity index (χ0n) is 17.6. The summed E-state index contributed by atoms with van der Waals surface area (Å²) in [6.07, 6.45) is 1.46. The molecular formula is C27H20FNO3. The van der Waals surface area contributed by atoms with Crippen molar-refractivity contribution in [2.45, 2.75) is 6.92 Å². The highest BCUT2D eigenvalue weighted by Crippen LogP contribution is 2.36. The summed E-state index contributed by atoms with van der Waals surface area (Å²) in [5, 5.41) is 0. The van der Waals surface area contributed by atoms with Gasteiger partial charge in [-0.25, -0.2) is 9.37 Å². The third-order valence-corrected chi connectivity index (χ3v) is 5.47. The molecule has 32 heavy (non-hydrogen) atoms. The number of aromatic nitrogens is 1. The number of hydrogen-bond donors (Lipinski definition) is 0. The molecule has 0 bridgehead atoms. The molecule has 5 heteroatoms. The van der Waals surface area contributed by atoms with Gasteiger partial charge in [-0.3, -0.25) is 9.59 Å². The lowest BCUT2D eigenvalue weighted by atomic mass is 9.91. The Labute approximate surface area is 185 Å². The predicted octanol–water partition coefficient (Wildman–Crippen LogP) is 6.16. The fourth-order valence-corrected chi connectivity index (χ4v) is 3.77. The highest BCUT2D eigenvalue weighted by molar-refractivity contribution is 5.83. The third-order valence-electron chi connectivity index (χ3n) is 5.47. The molecule has 0 spiro atoms. The summed E-state index contributed by atoms with van der Waals surface area (Å²) in [4.78, 5) is 26.4. The van der Waals surface area contributed by atoms with Gasteiger partial charge in [-0.05, 0) is 47.4 Å². The first kappa shape index (κ1) is 21.1. The maximum atomic E-state index is 15.7. The number of methoxy groups -OCH3 is 1. The first-order valence-corrected chi connectivity index (χ1v) is 10.0. The summed E-state index contributed by atoms with van der Waals surface area (Å²) >= 11 is 0. The van der Waals surface area contributed by atoms with Crippen LogP contribution in [-0.2, 0) is 0 Å². The van der Waals surface area contributed by atoms with Crippen LogP contribution < -0.4 is 4.74 Å². The Morgan fingerprint density at radius 2 is 1.44 bits per heavy atom. The Morgan fingerprint density at radius 1 is 0.781 bits per heavy atom. The summed E-state index contributed by atoms with van der Waals surface area (Å²) in [5.41, 5.74) is 5.64. The van der Waals surface area contributed by atoms with E-state index in [-0.39, 0.29) is 5.88 Å². The van der Waals surface area contributed by atoms with Gasteiger partial charge >= 0.3 is 0 Å². The van der Waals surface area contributed by atoms with Gasteiger partial charge in [-0.1, -0.05) is 54.6 Å². The minimum absolute atomic E-state index is 0.152. The number of nitrogens with zero attached hydrogens (tertiary/aromatic N) is 1. The van der Waals surface area contributed by atoms with Gasteiger partial charge in [-0.2, -0.15) is 0 Å². The van der Waals surface area contributed by atoms with E-state index in [2.05, 4.69) is 4.98 Å². The topological polar surface area (TPSA) is 56.3 Å². The summed E-state index contributed by atoms with van der Waals surface area (Å²) in [6, 6.07) is 21.4. The van der Waals surface area contributed by atoms with E-state index >= 15 is 4.39 Å². The number of ether oxygens (including phenoxy) is 1. The maximum Gasteiger partial charge on any atom is 0.224 e. The molecule has 1 aromatic heterocycles. The Balaban J connectivity index is 1.82. The van der Waals surface area contributed by atoms with Crippen LogP contribution in [0.2, 0.25) is 0 Å². The molecule has 0 aliphatic carbocycles. The number of carbonyl (C=O) groups is 2. The van der Waals surface area contributed by atoms with Crippen LogP contribution in [0.5, 0.6) is 5.88 Å². The second kappa shape index (κ2) is 8.94. The number of benzene rings is 3. The summed E-state index contributed by atoms with van der Waals surface area (Å²) in [6.45, 7) is 1.95. The number of pyridine rings is 1. The fraction of sp³-hybridized carbons (Fsp3) is 0.0741. The van der Waals surface area contributed by atoms with Gasteiger partial charge in [0.25, 0.3) is 0 Å². The maximum absolute atomic E-state index is 15.7. The zero-order chi connectivity index (χ0) is 22.7. The van der Waals surface area contributed by atoms with Crippen LogP contribution in [0, 0.1) is 12.7 Å². The summed E-state index contributed by atoms with van der Waals surface area (Å²) in [7, 11) is 1.42. The van der Waals surface area contributed by atoms with E-state index < -0.39 is 5.82 Å². The Hall–Kier alpha value is -4.12. The molecule has 1 heterocycles. The molecule has 4 nitrogen and oxygen atoms in total. The monoisotopic (exact) mass is 425 g/mol. The van der Waals surface area contributed by atoms with Gasteiger partial charge in [0, 0.05) is 16.7 Å². The molecule has 0 aliphatic rings. The average Bonchev–Trinajstić information content (AvgIpc) is 2.84. The average molecular weight is 425 g/mol. The highest BCUT2D eigenvalue weighted by atomic mass is 19.1. The van der Waals surface area contributed by atoms with Crippen LogP contribution >= 0.6 is 0 Å². The van der Waals surface area contributed by atoms with Crippen LogP contribution in [-0.4, -0.2) is 24.7 Å². The molecule has 3 aromatic carbocycles. The molecule has 0 fully saturated rings. The molecule has 0 N–H and O–H groups in total. The Morgan fingerprint density at radius 3 is 2.09 bits per heavy atom. The molecular weight excluding hydrogens is 405 g/mol. The van der Waals surface area contributed by atoms with Crippen molar-refractivity contribution in [1.82, 2.24) is 4.98 Å². The lowest BCUT2D eigenvalue weighted by molar-refractivity contribution is 0.111. The van der Waals surface area contributed by atoms with Crippen molar-refractivity contribution in [3.8, 4) is 39.4 Å². The largest absolute Gasteiger partial charge is 0.480 e. The predicted molar refractivity (Wildman–Crippen MR) is 123 cm³/mol. The van der Waals surface area contributed by atoms with Crippen molar-refractivity contribution in [1.29, 1.82) is 0 Å². The van der Waals surface area contributed by atoms with Crippen LogP contribution in [0.1, 0.15) is 26.3 Å².